The second-order valence-corrected chi connectivity index (χ2v) is 5.17. The van der Waals surface area contributed by atoms with Crippen LogP contribution in [0.1, 0.15) is 43.4 Å². The van der Waals surface area contributed by atoms with Crippen LogP contribution in [0.25, 0.3) is 0 Å². The minimum Gasteiger partial charge on any atom is -0.324 e. The van der Waals surface area contributed by atoms with Gasteiger partial charge < -0.3 is 5.32 Å². The van der Waals surface area contributed by atoms with Crippen LogP contribution in [0.5, 0.6) is 0 Å². The smallest absolute Gasteiger partial charge is 0.324 e. The Morgan fingerprint density at radius 1 is 1.30 bits per heavy atom. The van der Waals surface area contributed by atoms with Crippen LogP contribution in [0, 0.1) is 12.8 Å². The standard InChI is InChI=1S/C14H17F3N2O/c1-9-7-8-18-12(14(15,16)17)11(9)19-13(20)10-5-3-2-4-6-10/h7-8,10H,2-6H2,1H3,(H,19,20). The van der Waals surface area contributed by atoms with Crippen molar-refractivity contribution in [3.8, 4) is 0 Å². The molecule has 1 saturated carbocycles. The van der Waals surface area contributed by atoms with Crippen molar-refractivity contribution in [2.24, 2.45) is 5.92 Å². The lowest BCUT2D eigenvalue weighted by Crippen LogP contribution is -2.27. The number of alkyl halides is 3. The zero-order valence-corrected chi connectivity index (χ0v) is 11.3. The summed E-state index contributed by atoms with van der Waals surface area (Å²) in [5.74, 6) is -0.518. The van der Waals surface area contributed by atoms with Gasteiger partial charge in [0.05, 0.1) is 5.69 Å². The summed E-state index contributed by atoms with van der Waals surface area (Å²) < 4.78 is 38.7. The van der Waals surface area contributed by atoms with Crippen LogP contribution in [0.15, 0.2) is 12.3 Å². The van der Waals surface area contributed by atoms with Gasteiger partial charge in [-0.2, -0.15) is 13.2 Å². The van der Waals surface area contributed by atoms with E-state index in [4.69, 9.17) is 0 Å². The number of hydrogen-bond acceptors (Lipinski definition) is 2. The van der Waals surface area contributed by atoms with E-state index < -0.39 is 11.9 Å². The predicted molar refractivity (Wildman–Crippen MR) is 69.2 cm³/mol. The van der Waals surface area contributed by atoms with E-state index in [9.17, 15) is 18.0 Å². The van der Waals surface area contributed by atoms with Crippen molar-refractivity contribution in [1.82, 2.24) is 4.98 Å². The molecule has 1 heterocycles. The molecule has 1 aromatic heterocycles. The second-order valence-electron chi connectivity index (χ2n) is 5.17. The van der Waals surface area contributed by atoms with E-state index in [2.05, 4.69) is 10.3 Å². The topological polar surface area (TPSA) is 42.0 Å². The van der Waals surface area contributed by atoms with E-state index in [0.29, 0.717) is 5.56 Å². The number of hydrogen-bond donors (Lipinski definition) is 1. The third kappa shape index (κ3) is 3.29. The molecular formula is C14H17F3N2O. The number of nitrogens with one attached hydrogen (secondary N) is 1. The van der Waals surface area contributed by atoms with Crippen molar-refractivity contribution < 1.29 is 18.0 Å². The van der Waals surface area contributed by atoms with Crippen molar-refractivity contribution in [2.75, 3.05) is 5.32 Å². The molecular weight excluding hydrogens is 269 g/mol. The molecule has 0 atom stereocenters. The lowest BCUT2D eigenvalue weighted by molar-refractivity contribution is -0.140. The van der Waals surface area contributed by atoms with E-state index >= 15 is 0 Å². The first-order valence-electron chi connectivity index (χ1n) is 6.73. The molecule has 1 aromatic rings. The number of aromatic nitrogens is 1. The highest BCUT2D eigenvalue weighted by molar-refractivity contribution is 5.93. The van der Waals surface area contributed by atoms with Crippen LogP contribution >= 0.6 is 0 Å². The zero-order valence-electron chi connectivity index (χ0n) is 11.3. The van der Waals surface area contributed by atoms with E-state index in [1.54, 1.807) is 0 Å². The number of pyridine rings is 1. The molecule has 1 aliphatic rings. The number of carbonyl (C=O) groups is 1. The van der Waals surface area contributed by atoms with Gasteiger partial charge in [0.1, 0.15) is 0 Å². The van der Waals surface area contributed by atoms with Crippen LogP contribution in [-0.2, 0) is 11.0 Å². The Labute approximate surface area is 115 Å². The summed E-state index contributed by atoms with van der Waals surface area (Å²) >= 11 is 0. The van der Waals surface area contributed by atoms with Gasteiger partial charge in [-0.3, -0.25) is 4.79 Å². The average molecular weight is 286 g/mol. The van der Waals surface area contributed by atoms with Gasteiger partial charge in [-0.25, -0.2) is 4.98 Å². The van der Waals surface area contributed by atoms with Gasteiger partial charge >= 0.3 is 6.18 Å². The fraction of sp³-hybridized carbons (Fsp3) is 0.571. The van der Waals surface area contributed by atoms with Crippen molar-refractivity contribution in [1.29, 1.82) is 0 Å². The minimum absolute atomic E-state index is 0.190. The summed E-state index contributed by atoms with van der Waals surface area (Å²) in [4.78, 5) is 15.5. The Hall–Kier alpha value is -1.59. The van der Waals surface area contributed by atoms with Gasteiger partial charge in [-0.15, -0.1) is 0 Å². The summed E-state index contributed by atoms with van der Waals surface area (Å²) in [6, 6.07) is 1.46. The maximum absolute atomic E-state index is 12.9. The molecule has 1 aliphatic carbocycles. The molecule has 0 radical (unpaired) electrons. The number of halogens is 3. The molecule has 3 nitrogen and oxygen atoms in total. The van der Waals surface area contributed by atoms with E-state index in [1.807, 2.05) is 0 Å². The van der Waals surface area contributed by atoms with Crippen molar-refractivity contribution >= 4 is 11.6 Å². The molecule has 1 amide bonds. The van der Waals surface area contributed by atoms with Gasteiger partial charge in [0, 0.05) is 12.1 Å². The number of amides is 1. The quantitative estimate of drug-likeness (QED) is 0.895. The highest BCUT2D eigenvalue weighted by Crippen LogP contribution is 2.35. The number of nitrogens with zero attached hydrogens (tertiary/aromatic N) is 1. The van der Waals surface area contributed by atoms with Crippen LogP contribution in [-0.4, -0.2) is 10.9 Å². The largest absolute Gasteiger partial charge is 0.435 e. The Morgan fingerprint density at radius 2 is 1.95 bits per heavy atom. The first-order valence-corrected chi connectivity index (χ1v) is 6.73. The molecule has 0 unspecified atom stereocenters. The lowest BCUT2D eigenvalue weighted by atomic mass is 9.88. The Bertz CT molecular complexity index is 494. The Balaban J connectivity index is 2.22. The summed E-state index contributed by atoms with van der Waals surface area (Å²) in [6.45, 7) is 1.54. The monoisotopic (exact) mass is 286 g/mol. The van der Waals surface area contributed by atoms with Gasteiger partial charge in [0.15, 0.2) is 5.69 Å². The first-order chi connectivity index (χ1) is 9.39. The fourth-order valence-corrected chi connectivity index (χ4v) is 2.52. The second kappa shape index (κ2) is 5.81. The van der Waals surface area contributed by atoms with Gasteiger partial charge in [-0.05, 0) is 31.4 Å². The summed E-state index contributed by atoms with van der Waals surface area (Å²) in [5.41, 5.74) is -0.867. The van der Waals surface area contributed by atoms with Gasteiger partial charge in [0.2, 0.25) is 5.91 Å². The molecule has 1 fully saturated rings. The summed E-state index contributed by atoms with van der Waals surface area (Å²) in [6.07, 6.45) is 1.02. The average Bonchev–Trinajstić information content (AvgIpc) is 2.40. The normalized spacial score (nSPS) is 17.0. The zero-order chi connectivity index (χ0) is 14.8. The first kappa shape index (κ1) is 14.8. The minimum atomic E-state index is -4.57. The Morgan fingerprint density at radius 3 is 2.55 bits per heavy atom. The van der Waals surface area contributed by atoms with E-state index in [1.165, 1.54) is 13.0 Å². The molecule has 2 rings (SSSR count). The van der Waals surface area contributed by atoms with Crippen molar-refractivity contribution in [2.45, 2.75) is 45.2 Å². The third-order valence-electron chi connectivity index (χ3n) is 3.65. The highest BCUT2D eigenvalue weighted by Gasteiger charge is 2.37. The molecule has 6 heteroatoms. The van der Waals surface area contributed by atoms with Gasteiger partial charge in [0.25, 0.3) is 0 Å². The van der Waals surface area contributed by atoms with Crippen LogP contribution in [0.2, 0.25) is 0 Å². The van der Waals surface area contributed by atoms with Crippen LogP contribution < -0.4 is 5.32 Å². The van der Waals surface area contributed by atoms with E-state index in [-0.39, 0.29) is 17.5 Å². The molecule has 0 aliphatic heterocycles. The molecule has 0 saturated heterocycles. The van der Waals surface area contributed by atoms with Crippen molar-refractivity contribution in [3.05, 3.63) is 23.5 Å². The summed E-state index contributed by atoms with van der Waals surface area (Å²) in [7, 11) is 0. The Kier molecular flexibility index (Phi) is 4.30. The van der Waals surface area contributed by atoms with Crippen LogP contribution in [0.4, 0.5) is 18.9 Å². The molecule has 1 N–H and O–H groups in total. The SMILES string of the molecule is Cc1ccnc(C(F)(F)F)c1NC(=O)C1CCCCC1. The lowest BCUT2D eigenvalue weighted by Gasteiger charge is -2.22. The molecule has 0 spiro atoms. The van der Waals surface area contributed by atoms with Crippen molar-refractivity contribution in [3.63, 3.8) is 0 Å². The van der Waals surface area contributed by atoms with Gasteiger partial charge in [-0.1, -0.05) is 19.3 Å². The number of carbonyl (C=O) groups excluding carboxylic acids is 1. The predicted octanol–water partition coefficient (Wildman–Crippen LogP) is 3.93. The molecule has 0 aromatic carbocycles. The maximum atomic E-state index is 12.9. The number of anilines is 1. The molecule has 110 valence electrons. The summed E-state index contributed by atoms with van der Waals surface area (Å²) in [5, 5.41) is 2.43. The van der Waals surface area contributed by atoms with E-state index in [0.717, 1.165) is 38.3 Å². The number of aryl methyl sites for hydroxylation is 1. The number of rotatable bonds is 2. The third-order valence-corrected chi connectivity index (χ3v) is 3.65. The highest BCUT2D eigenvalue weighted by atomic mass is 19.4. The van der Waals surface area contributed by atoms with Crippen LogP contribution in [0.3, 0.4) is 0 Å². The molecule has 0 bridgehead atoms. The maximum Gasteiger partial charge on any atom is 0.435 e. The molecule has 20 heavy (non-hydrogen) atoms. The fourth-order valence-electron chi connectivity index (χ4n) is 2.52.